The molecule has 0 aliphatic rings. The van der Waals surface area contributed by atoms with E-state index in [4.69, 9.17) is 10.5 Å². The first-order chi connectivity index (χ1) is 11.2. The molecule has 0 atom stereocenters. The molecule has 0 unspecified atom stereocenters. The molecule has 0 aliphatic heterocycles. The van der Waals surface area contributed by atoms with Crippen molar-refractivity contribution >= 4 is 11.0 Å². The van der Waals surface area contributed by atoms with E-state index in [1.165, 1.54) is 6.07 Å². The maximum absolute atomic E-state index is 13.5. The molecular weight excluding hydrogens is 300 g/mol. The fourth-order valence-corrected chi connectivity index (χ4v) is 2.44. The van der Waals surface area contributed by atoms with Gasteiger partial charge in [0, 0.05) is 18.7 Å². The van der Waals surface area contributed by atoms with Crippen molar-refractivity contribution in [3.05, 3.63) is 59.9 Å². The average Bonchev–Trinajstić information content (AvgIpc) is 2.89. The van der Waals surface area contributed by atoms with Crippen LogP contribution < -0.4 is 10.5 Å². The van der Waals surface area contributed by atoms with Crippen LogP contribution in [0.4, 0.5) is 8.78 Å². The lowest BCUT2D eigenvalue weighted by Gasteiger charge is -2.10. The SMILES string of the molecule is NCCCn1c(COc2ccccc2)nc2cc(F)c(F)cc21. The molecule has 0 saturated carbocycles. The lowest BCUT2D eigenvalue weighted by Crippen LogP contribution is -2.11. The molecule has 0 saturated heterocycles. The Hall–Kier alpha value is -2.47. The van der Waals surface area contributed by atoms with E-state index in [1.807, 2.05) is 34.9 Å². The first kappa shape index (κ1) is 15.4. The van der Waals surface area contributed by atoms with Crippen LogP contribution in [0.5, 0.6) is 5.75 Å². The van der Waals surface area contributed by atoms with Crippen LogP contribution in [0.15, 0.2) is 42.5 Å². The summed E-state index contributed by atoms with van der Waals surface area (Å²) in [5.41, 5.74) is 6.51. The van der Waals surface area contributed by atoms with Crippen molar-refractivity contribution in [2.45, 2.75) is 19.6 Å². The Morgan fingerprint density at radius 3 is 2.57 bits per heavy atom. The van der Waals surface area contributed by atoms with Gasteiger partial charge in [-0.25, -0.2) is 13.8 Å². The molecule has 1 heterocycles. The number of benzene rings is 2. The van der Waals surface area contributed by atoms with Gasteiger partial charge in [0.2, 0.25) is 0 Å². The second kappa shape index (κ2) is 6.75. The zero-order valence-electron chi connectivity index (χ0n) is 12.5. The Balaban J connectivity index is 1.94. The van der Waals surface area contributed by atoms with Crippen molar-refractivity contribution in [1.29, 1.82) is 0 Å². The molecule has 3 aromatic rings. The third-order valence-corrected chi connectivity index (χ3v) is 3.57. The van der Waals surface area contributed by atoms with Crippen molar-refractivity contribution in [3.63, 3.8) is 0 Å². The molecular formula is C17H17F2N3O. The number of fused-ring (bicyclic) bond motifs is 1. The van der Waals surface area contributed by atoms with E-state index in [2.05, 4.69) is 4.98 Å². The van der Waals surface area contributed by atoms with Gasteiger partial charge in [-0.3, -0.25) is 0 Å². The van der Waals surface area contributed by atoms with Crippen LogP contribution in [-0.2, 0) is 13.2 Å². The normalized spacial score (nSPS) is 11.1. The summed E-state index contributed by atoms with van der Waals surface area (Å²) in [5.74, 6) is -0.469. The van der Waals surface area contributed by atoms with Gasteiger partial charge in [-0.2, -0.15) is 0 Å². The number of aromatic nitrogens is 2. The van der Waals surface area contributed by atoms with Gasteiger partial charge < -0.3 is 15.0 Å². The molecule has 2 N–H and O–H groups in total. The van der Waals surface area contributed by atoms with Gasteiger partial charge in [0.1, 0.15) is 18.2 Å². The summed E-state index contributed by atoms with van der Waals surface area (Å²) in [7, 11) is 0. The van der Waals surface area contributed by atoms with Crippen molar-refractivity contribution < 1.29 is 13.5 Å². The Morgan fingerprint density at radius 1 is 1.09 bits per heavy atom. The van der Waals surface area contributed by atoms with E-state index in [0.29, 0.717) is 42.1 Å². The minimum Gasteiger partial charge on any atom is -0.486 e. The van der Waals surface area contributed by atoms with Crippen LogP contribution in [0, 0.1) is 11.6 Å². The topological polar surface area (TPSA) is 53.1 Å². The standard InChI is InChI=1S/C17H17F2N3O/c18-13-9-15-16(10-14(13)19)22(8-4-7-20)17(21-15)11-23-12-5-2-1-3-6-12/h1-3,5-6,9-10H,4,7-8,11,20H2. The zero-order chi connectivity index (χ0) is 16.2. The quantitative estimate of drug-likeness (QED) is 0.759. The molecule has 0 spiro atoms. The van der Waals surface area contributed by atoms with Gasteiger partial charge >= 0.3 is 0 Å². The van der Waals surface area contributed by atoms with Crippen LogP contribution in [-0.4, -0.2) is 16.1 Å². The maximum atomic E-state index is 13.5. The van der Waals surface area contributed by atoms with Crippen LogP contribution in [0.3, 0.4) is 0 Å². The monoisotopic (exact) mass is 317 g/mol. The van der Waals surface area contributed by atoms with Crippen LogP contribution in [0.25, 0.3) is 11.0 Å². The second-order valence-electron chi connectivity index (χ2n) is 5.18. The highest BCUT2D eigenvalue weighted by molar-refractivity contribution is 5.76. The van der Waals surface area contributed by atoms with Crippen molar-refractivity contribution in [1.82, 2.24) is 9.55 Å². The molecule has 0 amide bonds. The molecule has 6 heteroatoms. The van der Waals surface area contributed by atoms with Crippen LogP contribution >= 0.6 is 0 Å². The molecule has 0 aliphatic carbocycles. The van der Waals surface area contributed by atoms with Gasteiger partial charge in [-0.05, 0) is 25.1 Å². The van der Waals surface area contributed by atoms with Crippen LogP contribution in [0.2, 0.25) is 0 Å². The number of imidazole rings is 1. The number of nitrogens with two attached hydrogens (primary N) is 1. The van der Waals surface area contributed by atoms with E-state index in [1.54, 1.807) is 0 Å². The highest BCUT2D eigenvalue weighted by atomic mass is 19.2. The number of ether oxygens (including phenoxy) is 1. The molecule has 120 valence electrons. The molecule has 0 bridgehead atoms. The Morgan fingerprint density at radius 2 is 1.83 bits per heavy atom. The first-order valence-electron chi connectivity index (χ1n) is 7.41. The van der Waals surface area contributed by atoms with Crippen molar-refractivity contribution in [2.24, 2.45) is 5.73 Å². The maximum Gasteiger partial charge on any atom is 0.161 e. The predicted octanol–water partition coefficient (Wildman–Crippen LogP) is 3.24. The summed E-state index contributed by atoms with van der Waals surface area (Å²) in [6, 6.07) is 11.6. The summed E-state index contributed by atoms with van der Waals surface area (Å²) in [5, 5.41) is 0. The summed E-state index contributed by atoms with van der Waals surface area (Å²) in [6.45, 7) is 1.29. The molecule has 4 nitrogen and oxygen atoms in total. The smallest absolute Gasteiger partial charge is 0.161 e. The summed E-state index contributed by atoms with van der Waals surface area (Å²) in [4.78, 5) is 4.37. The number of hydrogen-bond acceptors (Lipinski definition) is 3. The molecule has 0 fully saturated rings. The Kier molecular flexibility index (Phi) is 4.52. The molecule has 23 heavy (non-hydrogen) atoms. The second-order valence-corrected chi connectivity index (χ2v) is 5.18. The fraction of sp³-hybridized carbons (Fsp3) is 0.235. The lowest BCUT2D eigenvalue weighted by atomic mass is 10.3. The number of halogens is 2. The Bertz CT molecular complexity index is 802. The molecule has 1 aromatic heterocycles. The third kappa shape index (κ3) is 3.32. The van der Waals surface area contributed by atoms with E-state index < -0.39 is 11.6 Å². The number of rotatable bonds is 6. The number of aryl methyl sites for hydroxylation is 1. The number of para-hydroxylation sites is 1. The Labute approximate surface area is 132 Å². The molecule has 2 aromatic carbocycles. The van der Waals surface area contributed by atoms with Crippen molar-refractivity contribution in [3.8, 4) is 5.75 Å². The van der Waals surface area contributed by atoms with Gasteiger partial charge in [0.05, 0.1) is 11.0 Å². The van der Waals surface area contributed by atoms with Gasteiger partial charge in [0.25, 0.3) is 0 Å². The summed E-state index contributed by atoms with van der Waals surface area (Å²) < 4.78 is 34.5. The largest absolute Gasteiger partial charge is 0.486 e. The highest BCUT2D eigenvalue weighted by Gasteiger charge is 2.14. The van der Waals surface area contributed by atoms with Gasteiger partial charge in [-0.15, -0.1) is 0 Å². The third-order valence-electron chi connectivity index (χ3n) is 3.57. The summed E-state index contributed by atoms with van der Waals surface area (Å²) in [6.07, 6.45) is 0.711. The van der Waals surface area contributed by atoms with Gasteiger partial charge in [0.15, 0.2) is 11.6 Å². The van der Waals surface area contributed by atoms with E-state index in [-0.39, 0.29) is 6.61 Å². The predicted molar refractivity (Wildman–Crippen MR) is 84.1 cm³/mol. The fourth-order valence-electron chi connectivity index (χ4n) is 2.44. The zero-order valence-corrected chi connectivity index (χ0v) is 12.5. The van der Waals surface area contributed by atoms with Crippen LogP contribution in [0.1, 0.15) is 12.2 Å². The highest BCUT2D eigenvalue weighted by Crippen LogP contribution is 2.21. The molecule has 0 radical (unpaired) electrons. The number of nitrogens with zero attached hydrogens (tertiary/aromatic N) is 2. The summed E-state index contributed by atoms with van der Waals surface area (Å²) >= 11 is 0. The van der Waals surface area contributed by atoms with E-state index in [9.17, 15) is 8.78 Å². The number of hydrogen-bond donors (Lipinski definition) is 1. The average molecular weight is 317 g/mol. The lowest BCUT2D eigenvalue weighted by molar-refractivity contribution is 0.290. The first-order valence-corrected chi connectivity index (χ1v) is 7.41. The van der Waals surface area contributed by atoms with Crippen molar-refractivity contribution in [2.75, 3.05) is 6.54 Å². The van der Waals surface area contributed by atoms with Gasteiger partial charge in [-0.1, -0.05) is 18.2 Å². The van der Waals surface area contributed by atoms with E-state index >= 15 is 0 Å². The minimum absolute atomic E-state index is 0.215. The minimum atomic E-state index is -0.906. The van der Waals surface area contributed by atoms with E-state index in [0.717, 1.165) is 6.07 Å². The molecule has 3 rings (SSSR count).